The first kappa shape index (κ1) is 13.2. The molecule has 2 nitrogen and oxygen atoms in total. The van der Waals surface area contributed by atoms with Gasteiger partial charge in [-0.1, -0.05) is 13.0 Å². The maximum atomic E-state index is 5.67. The molecular formula is C13H20O2S. The zero-order chi connectivity index (χ0) is 11.8. The molecule has 0 aliphatic heterocycles. The highest BCUT2D eigenvalue weighted by atomic mass is 32.1. The van der Waals surface area contributed by atoms with Gasteiger partial charge in [0, 0.05) is 0 Å². The maximum absolute atomic E-state index is 5.67. The lowest BCUT2D eigenvalue weighted by Crippen LogP contribution is -2.00. The minimum absolute atomic E-state index is 0.725. The van der Waals surface area contributed by atoms with Crippen molar-refractivity contribution in [2.75, 3.05) is 19.5 Å². The molecular weight excluding hydrogens is 220 g/mol. The lowest BCUT2D eigenvalue weighted by Gasteiger charge is -2.11. The highest BCUT2D eigenvalue weighted by Crippen LogP contribution is 2.28. The molecule has 0 saturated heterocycles. The van der Waals surface area contributed by atoms with E-state index in [2.05, 4.69) is 25.6 Å². The highest BCUT2D eigenvalue weighted by molar-refractivity contribution is 7.80. The Bertz CT molecular complexity index is 313. The van der Waals surface area contributed by atoms with E-state index >= 15 is 0 Å². The lowest BCUT2D eigenvalue weighted by atomic mass is 10.1. The number of hydrogen-bond acceptors (Lipinski definition) is 3. The molecule has 0 aliphatic carbocycles. The molecule has 1 aromatic rings. The number of unbranched alkanes of at least 4 members (excludes halogenated alkanes) is 1. The minimum Gasteiger partial charge on any atom is -0.493 e. The molecule has 0 aliphatic rings. The zero-order valence-corrected chi connectivity index (χ0v) is 10.9. The van der Waals surface area contributed by atoms with Gasteiger partial charge in [0.1, 0.15) is 0 Å². The molecule has 0 aromatic heterocycles. The molecule has 16 heavy (non-hydrogen) atoms. The standard InChI is InChI=1S/C13H20O2S/c1-3-11-6-7-12(13(10-11)14-2)15-8-4-5-9-16/h6-7,10,16H,3-5,8-9H2,1-2H3. The fraction of sp³-hybridized carbons (Fsp3) is 0.538. The topological polar surface area (TPSA) is 18.5 Å². The molecule has 0 atom stereocenters. The minimum atomic E-state index is 0.725. The molecule has 1 rings (SSSR count). The van der Waals surface area contributed by atoms with Gasteiger partial charge in [-0.2, -0.15) is 12.6 Å². The molecule has 0 fully saturated rings. The van der Waals surface area contributed by atoms with Gasteiger partial charge in [0.25, 0.3) is 0 Å². The molecule has 0 saturated carbocycles. The van der Waals surface area contributed by atoms with E-state index in [1.807, 2.05) is 12.1 Å². The predicted octanol–water partition coefficient (Wildman–Crippen LogP) is 3.35. The van der Waals surface area contributed by atoms with Crippen molar-refractivity contribution in [2.24, 2.45) is 0 Å². The van der Waals surface area contributed by atoms with E-state index in [0.717, 1.165) is 43.1 Å². The normalized spacial score (nSPS) is 10.2. The van der Waals surface area contributed by atoms with Gasteiger partial charge in [0.2, 0.25) is 0 Å². The van der Waals surface area contributed by atoms with E-state index in [1.54, 1.807) is 7.11 Å². The van der Waals surface area contributed by atoms with E-state index in [1.165, 1.54) is 5.56 Å². The van der Waals surface area contributed by atoms with Crippen molar-refractivity contribution in [3.8, 4) is 11.5 Å². The first-order valence-corrected chi connectivity index (χ1v) is 6.35. The predicted molar refractivity (Wildman–Crippen MR) is 71.0 cm³/mol. The van der Waals surface area contributed by atoms with E-state index in [0.29, 0.717) is 0 Å². The summed E-state index contributed by atoms with van der Waals surface area (Å²) in [4.78, 5) is 0. The summed E-state index contributed by atoms with van der Waals surface area (Å²) in [5.41, 5.74) is 1.26. The lowest BCUT2D eigenvalue weighted by molar-refractivity contribution is 0.288. The van der Waals surface area contributed by atoms with E-state index in [4.69, 9.17) is 9.47 Å². The van der Waals surface area contributed by atoms with Crippen LogP contribution in [0, 0.1) is 0 Å². The Labute approximate surface area is 103 Å². The Kier molecular flexibility index (Phi) is 6.16. The van der Waals surface area contributed by atoms with Gasteiger partial charge >= 0.3 is 0 Å². The number of aryl methyl sites for hydroxylation is 1. The third-order valence-electron chi connectivity index (χ3n) is 2.45. The molecule has 3 heteroatoms. The van der Waals surface area contributed by atoms with Gasteiger partial charge < -0.3 is 9.47 Å². The van der Waals surface area contributed by atoms with Crippen molar-refractivity contribution in [2.45, 2.75) is 26.2 Å². The second kappa shape index (κ2) is 7.44. The fourth-order valence-electron chi connectivity index (χ4n) is 1.45. The molecule has 0 unspecified atom stereocenters. The van der Waals surface area contributed by atoms with Crippen LogP contribution in [0.5, 0.6) is 11.5 Å². The Hall–Kier alpha value is -0.830. The third kappa shape index (κ3) is 3.97. The molecule has 90 valence electrons. The molecule has 0 spiro atoms. The average molecular weight is 240 g/mol. The smallest absolute Gasteiger partial charge is 0.161 e. The Morgan fingerprint density at radius 2 is 2.00 bits per heavy atom. The van der Waals surface area contributed by atoms with Crippen molar-refractivity contribution in [1.29, 1.82) is 0 Å². The Morgan fingerprint density at radius 1 is 1.19 bits per heavy atom. The summed E-state index contributed by atoms with van der Waals surface area (Å²) in [6.07, 6.45) is 3.12. The van der Waals surface area contributed by atoms with E-state index in [-0.39, 0.29) is 0 Å². The van der Waals surface area contributed by atoms with Crippen LogP contribution in [-0.4, -0.2) is 19.5 Å². The molecule has 0 amide bonds. The first-order valence-electron chi connectivity index (χ1n) is 5.72. The number of benzene rings is 1. The van der Waals surface area contributed by atoms with Gasteiger partial charge in [0.05, 0.1) is 13.7 Å². The van der Waals surface area contributed by atoms with Crippen LogP contribution in [-0.2, 0) is 6.42 Å². The summed E-state index contributed by atoms with van der Waals surface area (Å²) in [6.45, 7) is 2.85. The van der Waals surface area contributed by atoms with Crippen molar-refractivity contribution < 1.29 is 9.47 Å². The van der Waals surface area contributed by atoms with Gasteiger partial charge in [-0.05, 0) is 42.7 Å². The average Bonchev–Trinajstić information content (AvgIpc) is 2.34. The summed E-state index contributed by atoms with van der Waals surface area (Å²) >= 11 is 4.17. The van der Waals surface area contributed by atoms with Crippen molar-refractivity contribution in [3.05, 3.63) is 23.8 Å². The zero-order valence-electron chi connectivity index (χ0n) is 10.0. The first-order chi connectivity index (χ1) is 7.81. The summed E-state index contributed by atoms with van der Waals surface area (Å²) in [7, 11) is 1.68. The van der Waals surface area contributed by atoms with Crippen LogP contribution in [0.2, 0.25) is 0 Å². The van der Waals surface area contributed by atoms with E-state index < -0.39 is 0 Å². The van der Waals surface area contributed by atoms with Crippen LogP contribution < -0.4 is 9.47 Å². The summed E-state index contributed by atoms with van der Waals surface area (Å²) in [6, 6.07) is 6.10. The van der Waals surface area contributed by atoms with Crippen molar-refractivity contribution >= 4 is 12.6 Å². The van der Waals surface area contributed by atoms with Crippen LogP contribution in [0.1, 0.15) is 25.3 Å². The maximum Gasteiger partial charge on any atom is 0.161 e. The second-order valence-corrected chi connectivity index (χ2v) is 4.07. The highest BCUT2D eigenvalue weighted by Gasteiger charge is 2.04. The van der Waals surface area contributed by atoms with Crippen molar-refractivity contribution in [3.63, 3.8) is 0 Å². The number of ether oxygens (including phenoxy) is 2. The Morgan fingerprint density at radius 3 is 2.62 bits per heavy atom. The fourth-order valence-corrected chi connectivity index (χ4v) is 1.67. The number of hydrogen-bond donors (Lipinski definition) is 1. The number of rotatable bonds is 7. The molecule has 0 heterocycles. The molecule has 0 radical (unpaired) electrons. The second-order valence-electron chi connectivity index (χ2n) is 3.62. The Balaban J connectivity index is 2.57. The molecule has 0 bridgehead atoms. The van der Waals surface area contributed by atoms with E-state index in [9.17, 15) is 0 Å². The van der Waals surface area contributed by atoms with Gasteiger partial charge in [-0.15, -0.1) is 0 Å². The summed E-state index contributed by atoms with van der Waals surface area (Å²) in [5.74, 6) is 2.57. The van der Waals surface area contributed by atoms with Crippen LogP contribution in [0.25, 0.3) is 0 Å². The van der Waals surface area contributed by atoms with Crippen molar-refractivity contribution in [1.82, 2.24) is 0 Å². The van der Waals surface area contributed by atoms with Gasteiger partial charge in [-0.3, -0.25) is 0 Å². The summed E-state index contributed by atoms with van der Waals surface area (Å²) < 4.78 is 11.0. The summed E-state index contributed by atoms with van der Waals surface area (Å²) in [5, 5.41) is 0. The van der Waals surface area contributed by atoms with Gasteiger partial charge in [-0.25, -0.2) is 0 Å². The van der Waals surface area contributed by atoms with Gasteiger partial charge in [0.15, 0.2) is 11.5 Å². The van der Waals surface area contributed by atoms with Crippen LogP contribution in [0.15, 0.2) is 18.2 Å². The number of thiol groups is 1. The van der Waals surface area contributed by atoms with Crippen LogP contribution in [0.3, 0.4) is 0 Å². The monoisotopic (exact) mass is 240 g/mol. The number of methoxy groups -OCH3 is 1. The third-order valence-corrected chi connectivity index (χ3v) is 2.76. The van der Waals surface area contributed by atoms with Crippen LogP contribution >= 0.6 is 12.6 Å². The molecule has 1 aromatic carbocycles. The van der Waals surface area contributed by atoms with Crippen LogP contribution in [0.4, 0.5) is 0 Å². The largest absolute Gasteiger partial charge is 0.493 e. The molecule has 0 N–H and O–H groups in total. The quantitative estimate of drug-likeness (QED) is 0.582. The SMILES string of the molecule is CCc1ccc(OCCCCS)c(OC)c1.